The lowest BCUT2D eigenvalue weighted by Gasteiger charge is -2.07. The SMILES string of the molecule is COCOc1ccc(C(=O)/C=C/c2cc3ccccc3nc2Cl)c(O)c1. The van der Waals surface area contributed by atoms with Gasteiger partial charge in [0, 0.05) is 24.1 Å². The van der Waals surface area contributed by atoms with Gasteiger partial charge in [-0.05, 0) is 36.4 Å². The highest BCUT2D eigenvalue weighted by Gasteiger charge is 2.10. The van der Waals surface area contributed by atoms with E-state index in [1.807, 2.05) is 30.3 Å². The minimum Gasteiger partial charge on any atom is -0.507 e. The van der Waals surface area contributed by atoms with Gasteiger partial charge < -0.3 is 14.6 Å². The Morgan fingerprint density at radius 1 is 1.23 bits per heavy atom. The number of pyridine rings is 1. The van der Waals surface area contributed by atoms with Gasteiger partial charge in [-0.25, -0.2) is 4.98 Å². The first-order valence-corrected chi connectivity index (χ1v) is 8.19. The molecular formula is C20H16ClNO4. The van der Waals surface area contributed by atoms with Crippen LogP contribution in [0.25, 0.3) is 17.0 Å². The van der Waals surface area contributed by atoms with E-state index in [1.54, 1.807) is 12.1 Å². The fraction of sp³-hybridized carbons (Fsp3) is 0.100. The van der Waals surface area contributed by atoms with E-state index in [0.29, 0.717) is 16.5 Å². The number of para-hydroxylation sites is 1. The van der Waals surface area contributed by atoms with Crippen LogP contribution < -0.4 is 4.74 Å². The minimum atomic E-state index is -0.356. The lowest BCUT2D eigenvalue weighted by Crippen LogP contribution is -2.00. The Kier molecular flexibility index (Phi) is 5.51. The van der Waals surface area contributed by atoms with Gasteiger partial charge in [0.25, 0.3) is 0 Å². The zero-order chi connectivity index (χ0) is 18.5. The first kappa shape index (κ1) is 17.9. The molecule has 0 radical (unpaired) electrons. The summed E-state index contributed by atoms with van der Waals surface area (Å²) in [6, 6.07) is 13.9. The number of nitrogens with zero attached hydrogens (tertiary/aromatic N) is 1. The zero-order valence-corrected chi connectivity index (χ0v) is 14.7. The summed E-state index contributed by atoms with van der Waals surface area (Å²) < 4.78 is 10.0. The Morgan fingerprint density at radius 3 is 2.81 bits per heavy atom. The lowest BCUT2D eigenvalue weighted by molar-refractivity contribution is 0.0510. The average Bonchev–Trinajstić information content (AvgIpc) is 2.64. The Labute approximate surface area is 155 Å². The fourth-order valence-corrected chi connectivity index (χ4v) is 2.63. The van der Waals surface area contributed by atoms with E-state index in [4.69, 9.17) is 21.1 Å². The number of ether oxygens (including phenoxy) is 2. The number of benzene rings is 2. The van der Waals surface area contributed by atoms with E-state index in [0.717, 1.165) is 10.9 Å². The van der Waals surface area contributed by atoms with E-state index in [9.17, 15) is 9.90 Å². The van der Waals surface area contributed by atoms with Crippen molar-refractivity contribution in [3.05, 3.63) is 70.9 Å². The topological polar surface area (TPSA) is 68.7 Å². The molecule has 6 heteroatoms. The third-order valence-electron chi connectivity index (χ3n) is 3.70. The number of allylic oxidation sites excluding steroid dienone is 1. The van der Waals surface area contributed by atoms with Crippen molar-refractivity contribution in [1.82, 2.24) is 4.98 Å². The van der Waals surface area contributed by atoms with E-state index in [2.05, 4.69) is 4.98 Å². The molecule has 1 aromatic heterocycles. The van der Waals surface area contributed by atoms with Gasteiger partial charge in [-0.15, -0.1) is 0 Å². The van der Waals surface area contributed by atoms with E-state index >= 15 is 0 Å². The summed E-state index contributed by atoms with van der Waals surface area (Å²) >= 11 is 6.18. The Bertz CT molecular complexity index is 985. The first-order valence-electron chi connectivity index (χ1n) is 7.81. The maximum atomic E-state index is 12.4. The molecule has 1 heterocycles. The van der Waals surface area contributed by atoms with E-state index in [-0.39, 0.29) is 23.9 Å². The predicted molar refractivity (Wildman–Crippen MR) is 101 cm³/mol. The van der Waals surface area contributed by atoms with E-state index in [1.165, 1.54) is 25.3 Å². The molecule has 3 aromatic rings. The number of rotatable bonds is 6. The lowest BCUT2D eigenvalue weighted by atomic mass is 10.1. The van der Waals surface area contributed by atoms with Gasteiger partial charge in [0.1, 0.15) is 16.7 Å². The maximum absolute atomic E-state index is 12.4. The van der Waals surface area contributed by atoms with Crippen molar-refractivity contribution in [2.45, 2.75) is 0 Å². The number of ketones is 1. The molecule has 3 rings (SSSR count). The number of aromatic nitrogens is 1. The van der Waals surface area contributed by atoms with Crippen molar-refractivity contribution in [2.75, 3.05) is 13.9 Å². The number of fused-ring (bicyclic) bond motifs is 1. The van der Waals surface area contributed by atoms with Crippen LogP contribution in [-0.4, -0.2) is 29.8 Å². The van der Waals surface area contributed by atoms with Gasteiger partial charge in [0.05, 0.1) is 11.1 Å². The molecule has 1 N–H and O–H groups in total. The van der Waals surface area contributed by atoms with Gasteiger partial charge in [-0.2, -0.15) is 0 Å². The number of carbonyl (C=O) groups excluding carboxylic acids is 1. The number of hydrogen-bond donors (Lipinski definition) is 1. The monoisotopic (exact) mass is 369 g/mol. The molecule has 0 aliphatic rings. The number of aromatic hydroxyl groups is 1. The van der Waals surface area contributed by atoms with Crippen LogP contribution in [0.3, 0.4) is 0 Å². The summed E-state index contributed by atoms with van der Waals surface area (Å²) in [5.41, 5.74) is 1.57. The van der Waals surface area contributed by atoms with Crippen molar-refractivity contribution in [3.8, 4) is 11.5 Å². The molecule has 0 saturated carbocycles. The van der Waals surface area contributed by atoms with Crippen molar-refractivity contribution in [1.29, 1.82) is 0 Å². The normalized spacial score (nSPS) is 11.2. The van der Waals surface area contributed by atoms with Gasteiger partial charge in [-0.3, -0.25) is 4.79 Å². The summed E-state index contributed by atoms with van der Waals surface area (Å²) in [6.07, 6.45) is 2.93. The Balaban J connectivity index is 1.82. The molecule has 0 spiro atoms. The van der Waals surface area contributed by atoms with Crippen LogP contribution in [0.1, 0.15) is 15.9 Å². The van der Waals surface area contributed by atoms with Gasteiger partial charge in [-0.1, -0.05) is 29.8 Å². The van der Waals surface area contributed by atoms with Crippen molar-refractivity contribution in [3.63, 3.8) is 0 Å². The summed E-state index contributed by atoms with van der Waals surface area (Å²) in [6.45, 7) is 0.0557. The molecule has 5 nitrogen and oxygen atoms in total. The van der Waals surface area contributed by atoms with Crippen LogP contribution in [0.2, 0.25) is 5.15 Å². The number of carbonyl (C=O) groups is 1. The molecule has 0 fully saturated rings. The molecule has 132 valence electrons. The maximum Gasteiger partial charge on any atom is 0.189 e. The highest BCUT2D eigenvalue weighted by atomic mass is 35.5. The van der Waals surface area contributed by atoms with Crippen LogP contribution in [0.15, 0.2) is 54.6 Å². The second kappa shape index (κ2) is 7.99. The van der Waals surface area contributed by atoms with Crippen LogP contribution in [0.5, 0.6) is 11.5 Å². The largest absolute Gasteiger partial charge is 0.507 e. The third-order valence-corrected chi connectivity index (χ3v) is 4.00. The molecule has 0 aliphatic heterocycles. The molecular weight excluding hydrogens is 354 g/mol. The van der Waals surface area contributed by atoms with Gasteiger partial charge in [0.2, 0.25) is 0 Å². The van der Waals surface area contributed by atoms with Crippen LogP contribution in [0, 0.1) is 0 Å². The molecule has 0 atom stereocenters. The minimum absolute atomic E-state index is 0.0557. The quantitative estimate of drug-likeness (QED) is 0.300. The van der Waals surface area contributed by atoms with Gasteiger partial charge >= 0.3 is 0 Å². The zero-order valence-electron chi connectivity index (χ0n) is 14.0. The highest BCUT2D eigenvalue weighted by molar-refractivity contribution is 6.31. The molecule has 2 aromatic carbocycles. The second-order valence-corrected chi connectivity index (χ2v) is 5.85. The molecule has 0 unspecified atom stereocenters. The molecule has 0 aliphatic carbocycles. The number of phenolic OH excluding ortho intramolecular Hbond substituents is 1. The second-order valence-electron chi connectivity index (χ2n) is 5.49. The Morgan fingerprint density at radius 2 is 2.04 bits per heavy atom. The molecule has 0 bridgehead atoms. The standard InChI is InChI=1S/C20H16ClNO4/c1-25-12-26-15-7-8-16(19(24)11-15)18(23)9-6-14-10-13-4-2-3-5-17(13)22-20(14)21/h2-11,24H,12H2,1H3/b9-6+. The van der Waals surface area contributed by atoms with Crippen molar-refractivity contribution in [2.24, 2.45) is 0 Å². The predicted octanol–water partition coefficient (Wildman–Crippen LogP) is 4.47. The van der Waals surface area contributed by atoms with Crippen LogP contribution in [0.4, 0.5) is 0 Å². The van der Waals surface area contributed by atoms with E-state index < -0.39 is 0 Å². The van der Waals surface area contributed by atoms with Crippen molar-refractivity contribution >= 4 is 34.4 Å². The molecule has 0 amide bonds. The fourth-order valence-electron chi connectivity index (χ4n) is 2.42. The highest BCUT2D eigenvalue weighted by Crippen LogP contribution is 2.25. The summed E-state index contributed by atoms with van der Waals surface area (Å²) in [5, 5.41) is 11.3. The summed E-state index contributed by atoms with van der Waals surface area (Å²) in [4.78, 5) is 16.7. The first-order chi connectivity index (χ1) is 12.6. The molecule has 26 heavy (non-hydrogen) atoms. The van der Waals surface area contributed by atoms with Crippen LogP contribution >= 0.6 is 11.6 Å². The molecule has 0 saturated heterocycles. The summed E-state index contributed by atoms with van der Waals surface area (Å²) in [7, 11) is 1.50. The van der Waals surface area contributed by atoms with Gasteiger partial charge in [0.15, 0.2) is 12.6 Å². The van der Waals surface area contributed by atoms with Crippen LogP contribution in [-0.2, 0) is 4.74 Å². The number of hydrogen-bond acceptors (Lipinski definition) is 5. The van der Waals surface area contributed by atoms with Crippen molar-refractivity contribution < 1.29 is 19.4 Å². The number of methoxy groups -OCH3 is 1. The average molecular weight is 370 g/mol. The smallest absolute Gasteiger partial charge is 0.189 e. The number of halogens is 1. The summed E-state index contributed by atoms with van der Waals surface area (Å²) in [5.74, 6) is -0.118. The number of phenols is 1. The Hall–Kier alpha value is -2.89. The third kappa shape index (κ3) is 4.02.